The zero-order valence-corrected chi connectivity index (χ0v) is 24.0. The van der Waals surface area contributed by atoms with Gasteiger partial charge in [0.1, 0.15) is 11.3 Å². The van der Waals surface area contributed by atoms with Crippen molar-refractivity contribution < 1.29 is 27.1 Å². The van der Waals surface area contributed by atoms with E-state index in [1.807, 2.05) is 36.4 Å². The molecule has 3 heterocycles. The molecule has 2 unspecified atom stereocenters. The van der Waals surface area contributed by atoms with Crippen molar-refractivity contribution in [1.82, 2.24) is 4.90 Å². The van der Waals surface area contributed by atoms with Crippen molar-refractivity contribution in [1.29, 1.82) is 0 Å². The van der Waals surface area contributed by atoms with Crippen molar-refractivity contribution >= 4 is 28.9 Å². The number of likely N-dealkylation sites (tertiary alicyclic amines) is 1. The maximum atomic E-state index is 16.0. The maximum absolute atomic E-state index is 16.0. The van der Waals surface area contributed by atoms with Crippen molar-refractivity contribution in [3.05, 3.63) is 140 Å². The summed E-state index contributed by atoms with van der Waals surface area (Å²) in [5.74, 6) is 0. The summed E-state index contributed by atoms with van der Waals surface area (Å²) < 4.78 is 65.7. The Bertz CT molecular complexity index is 1650. The fourth-order valence-electron chi connectivity index (χ4n) is 6.48. The molecule has 10 heteroatoms. The second-order valence-electron chi connectivity index (χ2n) is 11.1. The normalized spacial score (nSPS) is 22.8. The van der Waals surface area contributed by atoms with Gasteiger partial charge in [-0.05, 0) is 46.5 Å². The van der Waals surface area contributed by atoms with Crippen molar-refractivity contribution in [3.8, 4) is 0 Å². The zero-order chi connectivity index (χ0) is 30.0. The fourth-order valence-corrected chi connectivity index (χ4v) is 7.01. The van der Waals surface area contributed by atoms with E-state index in [0.29, 0.717) is 13.1 Å². The van der Waals surface area contributed by atoms with Gasteiger partial charge < -0.3 is 9.57 Å². The molecule has 220 valence electrons. The molecule has 7 rings (SSSR count). The van der Waals surface area contributed by atoms with Crippen molar-refractivity contribution in [2.45, 2.75) is 36.2 Å². The van der Waals surface area contributed by atoms with Gasteiger partial charge in [-0.2, -0.15) is 13.2 Å². The van der Waals surface area contributed by atoms with Gasteiger partial charge >= 0.3 is 6.18 Å². The number of benzene rings is 4. The first-order chi connectivity index (χ1) is 20.6. The Labute approximate surface area is 255 Å². The minimum Gasteiger partial charge on any atom is -0.371 e. The van der Waals surface area contributed by atoms with Gasteiger partial charge in [0.2, 0.25) is 6.17 Å². The van der Waals surface area contributed by atoms with Gasteiger partial charge in [-0.25, -0.2) is 4.39 Å². The highest BCUT2D eigenvalue weighted by Gasteiger charge is 2.69. The van der Waals surface area contributed by atoms with Crippen LogP contribution in [0.2, 0.25) is 10.0 Å². The van der Waals surface area contributed by atoms with E-state index in [0.717, 1.165) is 23.3 Å². The molecule has 0 saturated carbocycles. The van der Waals surface area contributed by atoms with Crippen LogP contribution in [0, 0.1) is 0 Å². The van der Waals surface area contributed by atoms with E-state index < -0.39 is 34.8 Å². The molecule has 43 heavy (non-hydrogen) atoms. The van der Waals surface area contributed by atoms with Gasteiger partial charge in [0.05, 0.1) is 12.6 Å². The van der Waals surface area contributed by atoms with Crippen LogP contribution in [-0.2, 0) is 27.4 Å². The number of hydrogen-bond donors (Lipinski definition) is 0. The Morgan fingerprint density at radius 1 is 0.837 bits per heavy atom. The van der Waals surface area contributed by atoms with E-state index in [4.69, 9.17) is 32.8 Å². The molecule has 1 saturated heterocycles. The summed E-state index contributed by atoms with van der Waals surface area (Å²) in [6.45, 7) is 1.49. The van der Waals surface area contributed by atoms with Crippen LogP contribution in [0.15, 0.2) is 102 Å². The lowest BCUT2D eigenvalue weighted by Gasteiger charge is -2.51. The average Bonchev–Trinajstić information content (AvgIpc) is 3.52. The molecule has 0 bridgehead atoms. The Kier molecular flexibility index (Phi) is 6.81. The summed E-state index contributed by atoms with van der Waals surface area (Å²) in [4.78, 5) is 7.27. The standard InChI is InChI=1S/C33H24Cl2F4N2O2/c34-25-14-24(15-26(35)16-25)32(33(37,38)39)30(36)28(40-43-32)22-11-12-27-23(13-22)17-42-31(27)18-41(19-31)29(20-7-3-1-4-8-20)21-9-5-2-6-10-21/h1-16,29-30H,17-19H2. The smallest absolute Gasteiger partial charge is 0.371 e. The third-order valence-corrected chi connectivity index (χ3v) is 8.94. The van der Waals surface area contributed by atoms with Crippen LogP contribution in [0.3, 0.4) is 0 Å². The van der Waals surface area contributed by atoms with Crippen molar-refractivity contribution in [2.24, 2.45) is 5.16 Å². The topological polar surface area (TPSA) is 34.1 Å². The summed E-state index contributed by atoms with van der Waals surface area (Å²) in [7, 11) is 0. The quantitative estimate of drug-likeness (QED) is 0.209. The Hall–Kier alpha value is -3.43. The van der Waals surface area contributed by atoms with Crippen molar-refractivity contribution in [3.63, 3.8) is 0 Å². The molecule has 4 aromatic carbocycles. The summed E-state index contributed by atoms with van der Waals surface area (Å²) in [5, 5.41) is 3.47. The Morgan fingerprint density at radius 2 is 1.44 bits per heavy atom. The summed E-state index contributed by atoms with van der Waals surface area (Å²) in [6.07, 6.45) is -7.81. The molecular weight excluding hydrogens is 603 g/mol. The van der Waals surface area contributed by atoms with Crippen LogP contribution in [-0.4, -0.2) is 36.0 Å². The number of nitrogens with zero attached hydrogens (tertiary/aromatic N) is 2. The molecule has 3 aliphatic rings. The molecule has 4 aromatic rings. The van der Waals surface area contributed by atoms with Crippen LogP contribution >= 0.6 is 23.2 Å². The molecule has 0 radical (unpaired) electrons. The van der Waals surface area contributed by atoms with Gasteiger partial charge in [0.25, 0.3) is 5.60 Å². The predicted octanol–water partition coefficient (Wildman–Crippen LogP) is 8.35. The second kappa shape index (κ2) is 10.3. The molecule has 0 N–H and O–H groups in total. The maximum Gasteiger partial charge on any atom is 0.438 e. The SMILES string of the molecule is FC1C(c2ccc3c(c2)COC32CN(C(c3ccccc3)c3ccccc3)C2)=NOC1(c1cc(Cl)cc(Cl)c1)C(F)(F)F. The molecule has 2 atom stereocenters. The number of alkyl halides is 4. The first kappa shape index (κ1) is 28.3. The summed E-state index contributed by atoms with van der Waals surface area (Å²) >= 11 is 11.9. The van der Waals surface area contributed by atoms with E-state index in [-0.39, 0.29) is 28.3 Å². The highest BCUT2D eigenvalue weighted by molar-refractivity contribution is 6.34. The van der Waals surface area contributed by atoms with E-state index in [1.165, 1.54) is 17.2 Å². The number of hydrogen-bond acceptors (Lipinski definition) is 4. The van der Waals surface area contributed by atoms with Gasteiger partial charge in [0, 0.05) is 34.3 Å². The van der Waals surface area contributed by atoms with E-state index in [1.54, 1.807) is 18.2 Å². The predicted molar refractivity (Wildman–Crippen MR) is 156 cm³/mol. The second-order valence-corrected chi connectivity index (χ2v) is 12.0. The Balaban J connectivity index is 1.16. The molecule has 1 fully saturated rings. The lowest BCUT2D eigenvalue weighted by molar-refractivity contribution is -0.289. The highest BCUT2D eigenvalue weighted by Crippen LogP contribution is 2.52. The largest absolute Gasteiger partial charge is 0.438 e. The first-order valence-corrected chi connectivity index (χ1v) is 14.4. The van der Waals surface area contributed by atoms with Crippen LogP contribution in [0.5, 0.6) is 0 Å². The molecule has 0 amide bonds. The minimum absolute atomic E-state index is 0.0349. The summed E-state index contributed by atoms with van der Waals surface area (Å²) in [6, 6.07) is 28.8. The molecule has 0 aliphatic carbocycles. The number of halogens is 6. The number of fused-ring (bicyclic) bond motifs is 2. The first-order valence-electron chi connectivity index (χ1n) is 13.7. The molecule has 3 aliphatic heterocycles. The molecule has 0 aromatic heterocycles. The fraction of sp³-hybridized carbons (Fsp3) is 0.242. The molecule has 4 nitrogen and oxygen atoms in total. The summed E-state index contributed by atoms with van der Waals surface area (Å²) in [5.41, 5.74) is -0.733. The highest BCUT2D eigenvalue weighted by atomic mass is 35.5. The van der Waals surface area contributed by atoms with Crippen molar-refractivity contribution in [2.75, 3.05) is 13.1 Å². The van der Waals surface area contributed by atoms with Crippen LogP contribution < -0.4 is 0 Å². The third kappa shape index (κ3) is 4.54. The minimum atomic E-state index is -5.15. The monoisotopic (exact) mass is 626 g/mol. The zero-order valence-electron chi connectivity index (χ0n) is 22.5. The van der Waals surface area contributed by atoms with Crippen LogP contribution in [0.4, 0.5) is 17.6 Å². The van der Waals surface area contributed by atoms with E-state index in [2.05, 4.69) is 34.3 Å². The average molecular weight is 627 g/mol. The lowest BCUT2D eigenvalue weighted by Crippen LogP contribution is -2.60. The van der Waals surface area contributed by atoms with E-state index >= 15 is 4.39 Å². The van der Waals surface area contributed by atoms with Gasteiger partial charge in [0.15, 0.2) is 0 Å². The van der Waals surface area contributed by atoms with E-state index in [9.17, 15) is 13.2 Å². The lowest BCUT2D eigenvalue weighted by atomic mass is 9.80. The van der Waals surface area contributed by atoms with Crippen LogP contribution in [0.25, 0.3) is 0 Å². The number of ether oxygens (including phenoxy) is 1. The number of oxime groups is 1. The number of rotatable bonds is 5. The van der Waals surface area contributed by atoms with Gasteiger partial charge in [-0.1, -0.05) is 101 Å². The van der Waals surface area contributed by atoms with Gasteiger partial charge in [-0.3, -0.25) is 4.90 Å². The molecule has 1 spiro atoms. The Morgan fingerprint density at radius 3 is 2.02 bits per heavy atom. The van der Waals surface area contributed by atoms with Gasteiger partial charge in [-0.15, -0.1) is 0 Å². The molecular formula is C33H24Cl2F4N2O2. The third-order valence-electron chi connectivity index (χ3n) is 8.51. The van der Waals surface area contributed by atoms with Crippen LogP contribution in [0.1, 0.15) is 39.4 Å².